The molecule has 7 heteroatoms. The van der Waals surface area contributed by atoms with E-state index < -0.39 is 0 Å². The fraction of sp³-hybridized carbons (Fsp3) is 0.286. The number of nitrogens with one attached hydrogen (secondary N) is 1. The predicted octanol–water partition coefficient (Wildman–Crippen LogP) is 4.18. The quantitative estimate of drug-likeness (QED) is 0.464. The number of hydrogen-bond acceptors (Lipinski definition) is 4. The highest BCUT2D eigenvalue weighted by atomic mass is 35.5. The van der Waals surface area contributed by atoms with Crippen LogP contribution >= 0.6 is 23.4 Å². The summed E-state index contributed by atoms with van der Waals surface area (Å²) in [6.45, 7) is 5.06. The topological polar surface area (TPSA) is 64.0 Å². The maximum atomic E-state index is 12.8. The highest BCUT2D eigenvalue weighted by Crippen LogP contribution is 2.20. The van der Waals surface area contributed by atoms with Gasteiger partial charge in [-0.3, -0.25) is 14.2 Å². The molecule has 0 unspecified atom stereocenters. The molecule has 1 aromatic heterocycles. The lowest BCUT2D eigenvalue weighted by molar-refractivity contribution is -0.118. The minimum Gasteiger partial charge on any atom is -0.351 e. The molecular formula is C21H22ClN3O2S. The van der Waals surface area contributed by atoms with Crippen molar-refractivity contribution in [3.63, 3.8) is 0 Å². The number of benzene rings is 2. The lowest BCUT2D eigenvalue weighted by Gasteiger charge is -2.12. The van der Waals surface area contributed by atoms with Crippen LogP contribution < -0.4 is 10.9 Å². The molecule has 146 valence electrons. The van der Waals surface area contributed by atoms with Crippen molar-refractivity contribution in [1.29, 1.82) is 0 Å². The van der Waals surface area contributed by atoms with Gasteiger partial charge >= 0.3 is 0 Å². The minimum absolute atomic E-state index is 0.103. The number of aromatic nitrogens is 2. The van der Waals surface area contributed by atoms with Crippen molar-refractivity contribution in [3.05, 3.63) is 69.0 Å². The zero-order valence-corrected chi connectivity index (χ0v) is 17.4. The van der Waals surface area contributed by atoms with Gasteiger partial charge in [0.1, 0.15) is 0 Å². The van der Waals surface area contributed by atoms with Crippen LogP contribution in [0.1, 0.15) is 24.5 Å². The molecule has 5 nitrogen and oxygen atoms in total. The van der Waals surface area contributed by atoms with Crippen molar-refractivity contribution >= 4 is 40.2 Å². The first-order valence-corrected chi connectivity index (χ1v) is 10.5. The summed E-state index contributed by atoms with van der Waals surface area (Å²) in [6, 6.07) is 13.1. The van der Waals surface area contributed by atoms with E-state index in [2.05, 4.69) is 10.3 Å². The molecule has 0 aliphatic rings. The number of amides is 1. The van der Waals surface area contributed by atoms with Gasteiger partial charge in [0.05, 0.1) is 16.7 Å². The molecule has 0 spiro atoms. The number of halogens is 1. The van der Waals surface area contributed by atoms with Crippen molar-refractivity contribution in [2.75, 3.05) is 5.75 Å². The van der Waals surface area contributed by atoms with Gasteiger partial charge in [-0.25, -0.2) is 4.98 Å². The van der Waals surface area contributed by atoms with Crippen LogP contribution in [0.15, 0.2) is 52.4 Å². The van der Waals surface area contributed by atoms with Crippen LogP contribution in [0, 0.1) is 6.92 Å². The zero-order valence-electron chi connectivity index (χ0n) is 15.9. The number of rotatable bonds is 7. The van der Waals surface area contributed by atoms with Gasteiger partial charge in [0.2, 0.25) is 5.91 Å². The number of carbonyl (C=O) groups excluding carboxylic acids is 1. The molecule has 1 amide bonds. The van der Waals surface area contributed by atoms with E-state index in [1.54, 1.807) is 22.8 Å². The summed E-state index contributed by atoms with van der Waals surface area (Å²) in [4.78, 5) is 29.6. The van der Waals surface area contributed by atoms with Crippen molar-refractivity contribution in [3.8, 4) is 0 Å². The largest absolute Gasteiger partial charge is 0.351 e. The molecule has 0 saturated carbocycles. The molecule has 0 aliphatic carbocycles. The normalized spacial score (nSPS) is 11.0. The summed E-state index contributed by atoms with van der Waals surface area (Å²) in [7, 11) is 0. The van der Waals surface area contributed by atoms with E-state index in [-0.39, 0.29) is 17.2 Å². The average molecular weight is 416 g/mol. The standard InChI is InChI=1S/C21H22ClN3O2S/c1-3-10-25-20(27)17-9-8-16(22)11-18(17)24-21(25)28-13-19(26)23-12-15-6-4-14(2)5-7-15/h4-9,11H,3,10,12-13H2,1-2H3,(H,23,26). The fourth-order valence-electron chi connectivity index (χ4n) is 2.79. The Morgan fingerprint density at radius 2 is 1.96 bits per heavy atom. The zero-order chi connectivity index (χ0) is 20.1. The maximum Gasteiger partial charge on any atom is 0.262 e. The molecule has 1 heterocycles. The van der Waals surface area contributed by atoms with Crippen LogP contribution in [0.5, 0.6) is 0 Å². The van der Waals surface area contributed by atoms with Gasteiger partial charge in [0, 0.05) is 18.1 Å². The van der Waals surface area contributed by atoms with E-state index >= 15 is 0 Å². The lowest BCUT2D eigenvalue weighted by Crippen LogP contribution is -2.26. The van der Waals surface area contributed by atoms with Gasteiger partial charge in [0.25, 0.3) is 5.56 Å². The Kier molecular flexibility index (Phi) is 6.75. The van der Waals surface area contributed by atoms with E-state index in [1.807, 2.05) is 38.1 Å². The monoisotopic (exact) mass is 415 g/mol. The van der Waals surface area contributed by atoms with E-state index in [0.717, 1.165) is 12.0 Å². The van der Waals surface area contributed by atoms with E-state index in [0.29, 0.717) is 34.2 Å². The second-order valence-corrected chi connectivity index (χ2v) is 7.94. The first-order chi connectivity index (χ1) is 13.5. The third-order valence-corrected chi connectivity index (χ3v) is 5.48. The molecule has 0 fully saturated rings. The highest BCUT2D eigenvalue weighted by Gasteiger charge is 2.13. The minimum atomic E-state index is -0.105. The molecule has 28 heavy (non-hydrogen) atoms. The number of fused-ring (bicyclic) bond motifs is 1. The molecule has 1 N–H and O–H groups in total. The SMILES string of the molecule is CCCn1c(SCC(=O)NCc2ccc(C)cc2)nc2cc(Cl)ccc2c1=O. The Morgan fingerprint density at radius 1 is 1.21 bits per heavy atom. The number of carbonyl (C=O) groups is 1. The predicted molar refractivity (Wildman–Crippen MR) is 115 cm³/mol. The van der Waals surface area contributed by atoms with Crippen molar-refractivity contribution in [2.24, 2.45) is 0 Å². The molecule has 0 saturated heterocycles. The van der Waals surface area contributed by atoms with Crippen molar-refractivity contribution < 1.29 is 4.79 Å². The molecule has 0 bridgehead atoms. The summed E-state index contributed by atoms with van der Waals surface area (Å²) < 4.78 is 1.63. The number of thioether (sulfide) groups is 1. The van der Waals surface area contributed by atoms with Gasteiger partial charge in [-0.05, 0) is 37.1 Å². The number of nitrogens with zero attached hydrogens (tertiary/aromatic N) is 2. The first-order valence-electron chi connectivity index (χ1n) is 9.13. The van der Waals surface area contributed by atoms with E-state index in [4.69, 9.17) is 11.6 Å². The van der Waals surface area contributed by atoms with Gasteiger partial charge in [-0.2, -0.15) is 0 Å². The van der Waals surface area contributed by atoms with E-state index in [9.17, 15) is 9.59 Å². The smallest absolute Gasteiger partial charge is 0.262 e. The van der Waals surface area contributed by atoms with Crippen LogP contribution in [0.25, 0.3) is 10.9 Å². The van der Waals surface area contributed by atoms with Crippen LogP contribution in [0.3, 0.4) is 0 Å². The summed E-state index contributed by atoms with van der Waals surface area (Å²) in [5.41, 5.74) is 2.67. The van der Waals surface area contributed by atoms with Gasteiger partial charge in [-0.15, -0.1) is 0 Å². The Morgan fingerprint density at radius 3 is 2.68 bits per heavy atom. The molecule has 0 radical (unpaired) electrons. The molecule has 3 rings (SSSR count). The second kappa shape index (κ2) is 9.26. The molecular weight excluding hydrogens is 394 g/mol. The number of aryl methyl sites for hydroxylation is 1. The van der Waals surface area contributed by atoms with Gasteiger partial charge in [-0.1, -0.05) is 60.1 Å². The Balaban J connectivity index is 1.73. The van der Waals surface area contributed by atoms with E-state index in [1.165, 1.54) is 17.3 Å². The maximum absolute atomic E-state index is 12.8. The summed E-state index contributed by atoms with van der Waals surface area (Å²) in [5.74, 6) is 0.0859. The Labute approximate surface area is 173 Å². The highest BCUT2D eigenvalue weighted by molar-refractivity contribution is 7.99. The van der Waals surface area contributed by atoms with Crippen LogP contribution in [-0.2, 0) is 17.9 Å². The summed E-state index contributed by atoms with van der Waals surface area (Å²) in [5, 5.41) is 4.50. The third kappa shape index (κ3) is 4.94. The molecule has 3 aromatic rings. The van der Waals surface area contributed by atoms with Crippen LogP contribution in [0.2, 0.25) is 5.02 Å². The van der Waals surface area contributed by atoms with Gasteiger partial charge < -0.3 is 5.32 Å². The molecule has 0 atom stereocenters. The first kappa shape index (κ1) is 20.4. The number of hydrogen-bond donors (Lipinski definition) is 1. The fourth-order valence-corrected chi connectivity index (χ4v) is 3.81. The average Bonchev–Trinajstić information content (AvgIpc) is 2.68. The molecule has 2 aromatic carbocycles. The van der Waals surface area contributed by atoms with Crippen molar-refractivity contribution in [1.82, 2.24) is 14.9 Å². The second-order valence-electron chi connectivity index (χ2n) is 6.56. The summed E-state index contributed by atoms with van der Waals surface area (Å²) in [6.07, 6.45) is 0.799. The Hall–Kier alpha value is -2.31. The van der Waals surface area contributed by atoms with Crippen LogP contribution in [0.4, 0.5) is 0 Å². The molecule has 0 aliphatic heterocycles. The Bertz CT molecular complexity index is 1050. The third-order valence-electron chi connectivity index (χ3n) is 4.27. The van der Waals surface area contributed by atoms with Gasteiger partial charge in [0.15, 0.2) is 5.16 Å². The lowest BCUT2D eigenvalue weighted by atomic mass is 10.1. The summed E-state index contributed by atoms with van der Waals surface area (Å²) >= 11 is 7.31. The van der Waals surface area contributed by atoms with Crippen molar-refractivity contribution in [2.45, 2.75) is 38.5 Å². The van der Waals surface area contributed by atoms with Crippen LogP contribution in [-0.4, -0.2) is 21.2 Å².